The van der Waals surface area contributed by atoms with Gasteiger partial charge < -0.3 is 8.94 Å². The molecule has 0 N–H and O–H groups in total. The first-order valence-corrected chi connectivity index (χ1v) is 11.2. The Morgan fingerprint density at radius 3 is 2.60 bits per heavy atom. The molecule has 1 aromatic heterocycles. The Balaban J connectivity index is 2.03. The van der Waals surface area contributed by atoms with E-state index in [1.54, 1.807) is 43.3 Å². The highest BCUT2D eigenvalue weighted by Crippen LogP contribution is 2.60. The Hall–Kier alpha value is -1.75. The Labute approximate surface area is 149 Å². The number of fused-ring (bicyclic) bond motifs is 2. The molecule has 0 aliphatic rings. The molecule has 7 heteroatoms. The summed E-state index contributed by atoms with van der Waals surface area (Å²) in [5, 5.41) is 0.889. The summed E-state index contributed by atoms with van der Waals surface area (Å²) in [6.07, 6.45) is 0.860. The maximum Gasteiger partial charge on any atom is 0.440 e. The smallest absolute Gasteiger partial charge is 0.440 e. The molecule has 0 aliphatic carbocycles. The molecule has 0 amide bonds. The highest BCUT2D eigenvalue weighted by Gasteiger charge is 2.26. The van der Waals surface area contributed by atoms with Gasteiger partial charge in [0.05, 0.1) is 17.4 Å². The summed E-state index contributed by atoms with van der Waals surface area (Å²) in [5.74, 6) is 0.993. The largest absolute Gasteiger partial charge is 0.456 e. The molecule has 25 heavy (non-hydrogen) atoms. The van der Waals surface area contributed by atoms with Gasteiger partial charge in [0.2, 0.25) is 5.43 Å². The fourth-order valence-electron chi connectivity index (χ4n) is 2.42. The van der Waals surface area contributed by atoms with Crippen LogP contribution in [-0.2, 0) is 9.09 Å². The third-order valence-electron chi connectivity index (χ3n) is 3.51. The van der Waals surface area contributed by atoms with Crippen LogP contribution in [-0.4, -0.2) is 12.4 Å². The topological polar surface area (TPSA) is 65.7 Å². The van der Waals surface area contributed by atoms with Gasteiger partial charge in [0.25, 0.3) is 0 Å². The molecule has 1 unspecified atom stereocenters. The van der Waals surface area contributed by atoms with Gasteiger partial charge in [-0.2, -0.15) is 0 Å². The van der Waals surface area contributed by atoms with Crippen molar-refractivity contribution in [3.63, 3.8) is 0 Å². The zero-order valence-electron chi connectivity index (χ0n) is 14.1. The monoisotopic (exact) mass is 378 g/mol. The van der Waals surface area contributed by atoms with E-state index >= 15 is 0 Å². The van der Waals surface area contributed by atoms with Crippen molar-refractivity contribution in [3.05, 3.63) is 52.7 Å². The van der Waals surface area contributed by atoms with Crippen LogP contribution in [0.1, 0.15) is 20.3 Å². The van der Waals surface area contributed by atoms with Crippen molar-refractivity contribution >= 4 is 40.1 Å². The van der Waals surface area contributed by atoms with Gasteiger partial charge in [0.1, 0.15) is 16.9 Å². The van der Waals surface area contributed by atoms with Crippen molar-refractivity contribution in [1.82, 2.24) is 0 Å². The molecule has 0 bridgehead atoms. The predicted molar refractivity (Wildman–Crippen MR) is 103 cm³/mol. The number of rotatable bonds is 7. The van der Waals surface area contributed by atoms with Crippen molar-refractivity contribution in [3.8, 4) is 5.75 Å². The zero-order chi connectivity index (χ0) is 17.9. The van der Waals surface area contributed by atoms with E-state index in [2.05, 4.69) is 0 Å². The Bertz CT molecular complexity index is 998. The van der Waals surface area contributed by atoms with Crippen LogP contribution in [0.2, 0.25) is 0 Å². The quantitative estimate of drug-likeness (QED) is 0.393. The third-order valence-corrected chi connectivity index (χ3v) is 7.46. The molecule has 1 atom stereocenters. The van der Waals surface area contributed by atoms with Crippen LogP contribution in [0.4, 0.5) is 0 Å². The first-order chi connectivity index (χ1) is 12.1. The summed E-state index contributed by atoms with van der Waals surface area (Å²) in [7, 11) is 0. The molecule has 1 heterocycles. The average molecular weight is 378 g/mol. The second-order valence-corrected chi connectivity index (χ2v) is 9.49. The molecular formula is C18H19O5PS. The molecule has 0 aliphatic heterocycles. The van der Waals surface area contributed by atoms with Crippen LogP contribution in [0.15, 0.2) is 51.7 Å². The minimum atomic E-state index is -3.31. The van der Waals surface area contributed by atoms with Gasteiger partial charge in [-0.1, -0.05) is 19.1 Å². The first kappa shape index (κ1) is 18.1. The van der Waals surface area contributed by atoms with Gasteiger partial charge in [0.15, 0.2) is 0 Å². The van der Waals surface area contributed by atoms with Crippen LogP contribution in [0.3, 0.4) is 0 Å². The van der Waals surface area contributed by atoms with Crippen LogP contribution < -0.4 is 9.95 Å². The Kier molecular flexibility index (Phi) is 5.52. The second-order valence-electron chi connectivity index (χ2n) is 5.37. The summed E-state index contributed by atoms with van der Waals surface area (Å²) in [6, 6.07) is 11.9. The SMILES string of the molecule is CCCSP(=O)(OCC)Oc1ccc2oc3ccccc3c(=O)c2c1. The molecule has 132 valence electrons. The van der Waals surface area contributed by atoms with E-state index in [9.17, 15) is 9.36 Å². The molecule has 0 spiro atoms. The summed E-state index contributed by atoms with van der Waals surface area (Å²) in [6.45, 7) is 0.734. The lowest BCUT2D eigenvalue weighted by Crippen LogP contribution is -2.02. The molecule has 0 radical (unpaired) electrons. The maximum atomic E-state index is 12.8. The van der Waals surface area contributed by atoms with Crippen molar-refractivity contribution in [2.45, 2.75) is 20.3 Å². The second kappa shape index (κ2) is 7.65. The standard InChI is InChI=1S/C18H19O5PS/c1-3-11-25-24(20,21-4-2)23-13-9-10-17-15(12-13)18(19)14-7-5-6-8-16(14)22-17/h5-10,12H,3-4,11H2,1-2H3. The minimum absolute atomic E-state index is 0.144. The molecule has 0 saturated heterocycles. The van der Waals surface area contributed by atoms with Crippen molar-refractivity contribution in [2.24, 2.45) is 0 Å². The van der Waals surface area contributed by atoms with Gasteiger partial charge in [0, 0.05) is 5.75 Å². The maximum absolute atomic E-state index is 12.8. The highest BCUT2D eigenvalue weighted by molar-refractivity contribution is 8.55. The molecule has 5 nitrogen and oxygen atoms in total. The van der Waals surface area contributed by atoms with Gasteiger partial charge in [-0.05, 0) is 55.1 Å². The molecule has 0 fully saturated rings. The van der Waals surface area contributed by atoms with Gasteiger partial charge >= 0.3 is 6.80 Å². The highest BCUT2D eigenvalue weighted by atomic mass is 32.7. The number of hydrogen-bond donors (Lipinski definition) is 0. The Morgan fingerprint density at radius 1 is 1.08 bits per heavy atom. The van der Waals surface area contributed by atoms with Crippen molar-refractivity contribution < 1.29 is 18.0 Å². The van der Waals surface area contributed by atoms with Crippen LogP contribution >= 0.6 is 18.2 Å². The predicted octanol–water partition coefficient (Wildman–Crippen LogP) is 5.61. The van der Waals surface area contributed by atoms with E-state index < -0.39 is 6.80 Å². The summed E-state index contributed by atoms with van der Waals surface area (Å²) < 4.78 is 29.5. The number of para-hydroxylation sites is 1. The van der Waals surface area contributed by atoms with Gasteiger partial charge in [-0.25, -0.2) is 4.57 Å². The van der Waals surface area contributed by atoms with Crippen molar-refractivity contribution in [1.29, 1.82) is 0 Å². The van der Waals surface area contributed by atoms with E-state index in [1.165, 1.54) is 0 Å². The minimum Gasteiger partial charge on any atom is -0.456 e. The van der Waals surface area contributed by atoms with E-state index in [0.717, 1.165) is 17.8 Å². The van der Waals surface area contributed by atoms with Gasteiger partial charge in [-0.3, -0.25) is 9.32 Å². The van der Waals surface area contributed by atoms with E-state index in [4.69, 9.17) is 13.5 Å². The lowest BCUT2D eigenvalue weighted by Gasteiger charge is -2.17. The van der Waals surface area contributed by atoms with Crippen LogP contribution in [0, 0.1) is 0 Å². The Morgan fingerprint density at radius 2 is 1.84 bits per heavy atom. The fraction of sp³-hybridized carbons (Fsp3) is 0.278. The summed E-state index contributed by atoms with van der Waals surface area (Å²) in [4.78, 5) is 12.7. The summed E-state index contributed by atoms with van der Waals surface area (Å²) >= 11 is 1.16. The third kappa shape index (κ3) is 3.92. The first-order valence-electron chi connectivity index (χ1n) is 8.10. The van der Waals surface area contributed by atoms with E-state index in [0.29, 0.717) is 33.4 Å². The molecule has 3 rings (SSSR count). The van der Waals surface area contributed by atoms with Crippen LogP contribution in [0.5, 0.6) is 5.75 Å². The van der Waals surface area contributed by atoms with Crippen molar-refractivity contribution in [2.75, 3.05) is 12.4 Å². The average Bonchev–Trinajstić information content (AvgIpc) is 2.61. The fourth-order valence-corrected chi connectivity index (χ4v) is 5.87. The lowest BCUT2D eigenvalue weighted by atomic mass is 10.1. The normalized spacial score (nSPS) is 13.8. The molecular weight excluding hydrogens is 359 g/mol. The number of hydrogen-bond acceptors (Lipinski definition) is 6. The van der Waals surface area contributed by atoms with Gasteiger partial charge in [-0.15, -0.1) is 0 Å². The van der Waals surface area contributed by atoms with Crippen LogP contribution in [0.25, 0.3) is 21.9 Å². The number of benzene rings is 2. The lowest BCUT2D eigenvalue weighted by molar-refractivity contribution is 0.296. The molecule has 2 aromatic carbocycles. The van der Waals surface area contributed by atoms with E-state index in [-0.39, 0.29) is 12.0 Å². The van der Waals surface area contributed by atoms with E-state index in [1.807, 2.05) is 13.0 Å². The molecule has 3 aromatic rings. The summed E-state index contributed by atoms with van der Waals surface area (Å²) in [5.41, 5.74) is 0.852. The molecule has 0 saturated carbocycles. The zero-order valence-corrected chi connectivity index (χ0v) is 15.8.